The molecule has 3 heterocycles. The number of aromatic nitrogens is 4. The fourth-order valence-electron chi connectivity index (χ4n) is 5.08. The summed E-state index contributed by atoms with van der Waals surface area (Å²) in [4.78, 5) is 19.1. The van der Waals surface area contributed by atoms with E-state index in [-0.39, 0.29) is 6.61 Å². The summed E-state index contributed by atoms with van der Waals surface area (Å²) in [7, 11) is 3.27. The van der Waals surface area contributed by atoms with Gasteiger partial charge in [0, 0.05) is 30.9 Å². The van der Waals surface area contributed by atoms with Crippen LogP contribution in [0.4, 0.5) is 4.39 Å². The number of benzene rings is 3. The summed E-state index contributed by atoms with van der Waals surface area (Å²) in [6.07, 6.45) is 0. The summed E-state index contributed by atoms with van der Waals surface area (Å²) >= 11 is 0. The monoisotopic (exact) mass is 528 g/mol. The molecule has 0 unspecified atom stereocenters. The minimum Gasteiger partial charge on any atom is -0.494 e. The first kappa shape index (κ1) is 24.6. The van der Waals surface area contributed by atoms with E-state index in [4.69, 9.17) is 23.7 Å². The number of fused-ring (bicyclic) bond motifs is 3. The third-order valence-corrected chi connectivity index (χ3v) is 6.86. The van der Waals surface area contributed by atoms with Crippen LogP contribution in [0.2, 0.25) is 0 Å². The van der Waals surface area contributed by atoms with Gasteiger partial charge in [0.2, 0.25) is 0 Å². The Kier molecular flexibility index (Phi) is 6.24. The molecule has 6 rings (SSSR count). The number of hydrogen-bond acceptors (Lipinski definition) is 7. The van der Waals surface area contributed by atoms with Crippen molar-refractivity contribution in [2.45, 2.75) is 26.7 Å². The second-order valence-electron chi connectivity index (χ2n) is 9.24. The van der Waals surface area contributed by atoms with E-state index in [0.29, 0.717) is 41.6 Å². The SMILES string of the molecule is COCc1nc2c(OC)cccc2n1Cc1ccc2c(c1)COc1cc(F)ccc1/C2=C(\C)c1noc(=O)[nH]1. The third kappa shape index (κ3) is 4.38. The second kappa shape index (κ2) is 9.88. The Morgan fingerprint density at radius 3 is 2.74 bits per heavy atom. The van der Waals surface area contributed by atoms with E-state index < -0.39 is 11.6 Å². The summed E-state index contributed by atoms with van der Waals surface area (Å²) in [5.74, 6) is 1.12. The normalized spacial score (nSPS) is 13.9. The van der Waals surface area contributed by atoms with Crippen molar-refractivity contribution >= 4 is 22.2 Å². The summed E-state index contributed by atoms with van der Waals surface area (Å²) in [5.41, 5.74) is 6.64. The topological polar surface area (TPSA) is 104 Å². The highest BCUT2D eigenvalue weighted by Gasteiger charge is 2.24. The van der Waals surface area contributed by atoms with Crippen LogP contribution in [0.15, 0.2) is 63.9 Å². The first-order valence-electron chi connectivity index (χ1n) is 12.3. The highest BCUT2D eigenvalue weighted by molar-refractivity contribution is 5.99. The van der Waals surface area contributed by atoms with Gasteiger partial charge in [-0.05, 0) is 59.5 Å². The predicted molar refractivity (Wildman–Crippen MR) is 142 cm³/mol. The molecule has 0 spiro atoms. The van der Waals surface area contributed by atoms with Gasteiger partial charge < -0.3 is 18.8 Å². The van der Waals surface area contributed by atoms with Gasteiger partial charge in [0.05, 0.1) is 12.6 Å². The average molecular weight is 529 g/mol. The number of methoxy groups -OCH3 is 2. The van der Waals surface area contributed by atoms with Crippen LogP contribution in [-0.4, -0.2) is 33.9 Å². The molecule has 0 aliphatic carbocycles. The fraction of sp³-hybridized carbons (Fsp3) is 0.207. The molecule has 0 saturated carbocycles. The quantitative estimate of drug-likeness (QED) is 0.333. The maximum absolute atomic E-state index is 14.2. The number of rotatable bonds is 6. The van der Waals surface area contributed by atoms with E-state index in [9.17, 15) is 9.18 Å². The molecule has 0 amide bonds. The van der Waals surface area contributed by atoms with Crippen LogP contribution >= 0.6 is 0 Å². The molecule has 0 fully saturated rings. The molecule has 1 aliphatic heterocycles. The van der Waals surface area contributed by atoms with Crippen LogP contribution in [0.5, 0.6) is 11.5 Å². The molecule has 9 nitrogen and oxygen atoms in total. The molecule has 198 valence electrons. The van der Waals surface area contributed by atoms with Crippen molar-refractivity contribution in [3.63, 3.8) is 0 Å². The number of nitrogens with zero attached hydrogens (tertiary/aromatic N) is 3. The number of halogens is 1. The van der Waals surface area contributed by atoms with Crippen LogP contribution in [-0.2, 0) is 24.5 Å². The zero-order valence-electron chi connectivity index (χ0n) is 21.6. The van der Waals surface area contributed by atoms with E-state index in [1.54, 1.807) is 20.3 Å². The Morgan fingerprint density at radius 2 is 1.97 bits per heavy atom. The van der Waals surface area contributed by atoms with Gasteiger partial charge >= 0.3 is 5.76 Å². The summed E-state index contributed by atoms with van der Waals surface area (Å²) < 4.78 is 38.1. The molecule has 10 heteroatoms. The van der Waals surface area contributed by atoms with Crippen LogP contribution in [0, 0.1) is 5.82 Å². The third-order valence-electron chi connectivity index (χ3n) is 6.86. The van der Waals surface area contributed by atoms with E-state index in [2.05, 4.69) is 20.8 Å². The lowest BCUT2D eigenvalue weighted by atomic mass is 9.89. The molecular formula is C29H25FN4O5. The maximum atomic E-state index is 14.2. The number of allylic oxidation sites excluding steroid dienone is 1. The van der Waals surface area contributed by atoms with Gasteiger partial charge in [-0.15, -0.1) is 0 Å². The molecule has 3 aromatic carbocycles. The molecule has 1 aliphatic rings. The molecule has 0 atom stereocenters. The second-order valence-corrected chi connectivity index (χ2v) is 9.24. The summed E-state index contributed by atoms with van der Waals surface area (Å²) in [5, 5.41) is 3.87. The van der Waals surface area contributed by atoms with Crippen molar-refractivity contribution in [1.29, 1.82) is 0 Å². The van der Waals surface area contributed by atoms with Crippen LogP contribution in [0.1, 0.15) is 40.8 Å². The van der Waals surface area contributed by atoms with Crippen LogP contribution < -0.4 is 15.2 Å². The molecule has 39 heavy (non-hydrogen) atoms. The van der Waals surface area contributed by atoms with Crippen LogP contribution in [0.25, 0.3) is 22.2 Å². The van der Waals surface area contributed by atoms with Crippen molar-refractivity contribution in [2.24, 2.45) is 0 Å². The average Bonchev–Trinajstić information content (AvgIpc) is 3.48. The zero-order chi connectivity index (χ0) is 27.1. The maximum Gasteiger partial charge on any atom is 0.439 e. The van der Waals surface area contributed by atoms with Crippen molar-refractivity contribution < 1.29 is 23.1 Å². The van der Waals surface area contributed by atoms with Crippen molar-refractivity contribution in [1.82, 2.24) is 19.7 Å². The van der Waals surface area contributed by atoms with Crippen molar-refractivity contribution in [3.8, 4) is 11.5 Å². The summed E-state index contributed by atoms with van der Waals surface area (Å²) in [6, 6.07) is 16.4. The van der Waals surface area contributed by atoms with Gasteiger partial charge in [-0.25, -0.2) is 14.2 Å². The number of imidazole rings is 1. The highest BCUT2D eigenvalue weighted by Crippen LogP contribution is 2.41. The summed E-state index contributed by atoms with van der Waals surface area (Å²) in [6.45, 7) is 2.94. The molecule has 2 aromatic heterocycles. The van der Waals surface area contributed by atoms with E-state index >= 15 is 0 Å². The van der Waals surface area contributed by atoms with Gasteiger partial charge in [-0.1, -0.05) is 23.4 Å². The van der Waals surface area contributed by atoms with E-state index in [0.717, 1.165) is 39.1 Å². The van der Waals surface area contributed by atoms with Crippen LogP contribution in [0.3, 0.4) is 0 Å². The van der Waals surface area contributed by atoms with Gasteiger partial charge in [0.25, 0.3) is 0 Å². The smallest absolute Gasteiger partial charge is 0.439 e. The zero-order valence-corrected chi connectivity index (χ0v) is 21.6. The lowest BCUT2D eigenvalue weighted by Crippen LogP contribution is -2.07. The molecule has 0 radical (unpaired) electrons. The Balaban J connectivity index is 1.48. The number of H-pyrrole nitrogens is 1. The molecule has 0 saturated heterocycles. The van der Waals surface area contributed by atoms with Gasteiger partial charge in [-0.3, -0.25) is 9.51 Å². The molecular weight excluding hydrogens is 503 g/mol. The minimum atomic E-state index is -0.652. The van der Waals surface area contributed by atoms with Gasteiger partial charge in [0.15, 0.2) is 5.82 Å². The number of nitrogens with one attached hydrogen (secondary N) is 1. The predicted octanol–water partition coefficient (Wildman–Crippen LogP) is 4.93. The number of para-hydroxylation sites is 1. The Morgan fingerprint density at radius 1 is 1.13 bits per heavy atom. The molecule has 0 bridgehead atoms. The number of aromatic amines is 1. The largest absolute Gasteiger partial charge is 0.494 e. The van der Waals surface area contributed by atoms with Gasteiger partial charge in [-0.2, -0.15) is 0 Å². The number of hydrogen-bond donors (Lipinski definition) is 1. The Hall–Kier alpha value is -4.70. The Bertz CT molecular complexity index is 1800. The fourth-order valence-corrected chi connectivity index (χ4v) is 5.08. The Labute approximate surface area is 222 Å². The first-order valence-corrected chi connectivity index (χ1v) is 12.3. The van der Waals surface area contributed by atoms with Crippen molar-refractivity contribution in [3.05, 3.63) is 105 Å². The van der Waals surface area contributed by atoms with E-state index in [1.165, 1.54) is 12.1 Å². The standard InChI is InChI=1S/C29H25FN4O5/c1-16(28-32-29(35)39-33-28)26-20-9-7-17(11-18(20)14-38-24-12-19(30)8-10-21(24)26)13-34-22-5-4-6-23(37-3)27(22)31-25(34)15-36-2/h4-12H,13-15H2,1-3H3,(H,32,33,35)/b26-16+. The lowest BCUT2D eigenvalue weighted by molar-refractivity contribution is 0.175. The van der Waals surface area contributed by atoms with E-state index in [1.807, 2.05) is 37.3 Å². The highest BCUT2D eigenvalue weighted by atomic mass is 19.1. The lowest BCUT2D eigenvalue weighted by Gasteiger charge is -2.15. The van der Waals surface area contributed by atoms with Gasteiger partial charge in [0.1, 0.15) is 41.9 Å². The van der Waals surface area contributed by atoms with Crippen molar-refractivity contribution in [2.75, 3.05) is 14.2 Å². The first-order chi connectivity index (χ1) is 19.0. The minimum absolute atomic E-state index is 0.231. The molecule has 5 aromatic rings. The molecule has 1 N–H and O–H groups in total. The number of ether oxygens (including phenoxy) is 3.